The van der Waals surface area contributed by atoms with E-state index in [4.69, 9.17) is 9.47 Å². The summed E-state index contributed by atoms with van der Waals surface area (Å²) >= 11 is 0. The minimum absolute atomic E-state index is 0.321. The van der Waals surface area contributed by atoms with Gasteiger partial charge in [-0.2, -0.15) is 0 Å². The molecular formula is C20H19NO5. The highest BCUT2D eigenvalue weighted by atomic mass is 16.5. The van der Waals surface area contributed by atoms with E-state index in [1.807, 2.05) is 12.1 Å². The van der Waals surface area contributed by atoms with Crippen molar-refractivity contribution in [3.63, 3.8) is 0 Å². The van der Waals surface area contributed by atoms with Gasteiger partial charge in [0, 0.05) is 13.5 Å². The molecular weight excluding hydrogens is 334 g/mol. The van der Waals surface area contributed by atoms with Crippen LogP contribution in [0.2, 0.25) is 0 Å². The fourth-order valence-electron chi connectivity index (χ4n) is 2.13. The molecule has 0 radical (unpaired) electrons. The maximum atomic E-state index is 11.9. The zero-order chi connectivity index (χ0) is 18.9. The van der Waals surface area contributed by atoms with Crippen molar-refractivity contribution in [2.24, 2.45) is 0 Å². The van der Waals surface area contributed by atoms with Crippen molar-refractivity contribution in [3.8, 4) is 16.9 Å². The number of benzene rings is 2. The van der Waals surface area contributed by atoms with E-state index >= 15 is 0 Å². The number of ether oxygens (including phenoxy) is 2. The molecule has 0 bridgehead atoms. The molecule has 0 saturated heterocycles. The van der Waals surface area contributed by atoms with Gasteiger partial charge in [0.25, 0.3) is 5.91 Å². The van der Waals surface area contributed by atoms with Gasteiger partial charge in [0.1, 0.15) is 5.75 Å². The monoisotopic (exact) mass is 353 g/mol. The largest absolute Gasteiger partial charge is 0.452 e. The molecule has 0 unspecified atom stereocenters. The second-order valence-electron chi connectivity index (χ2n) is 5.36. The van der Waals surface area contributed by atoms with Crippen molar-refractivity contribution >= 4 is 17.8 Å². The van der Waals surface area contributed by atoms with Crippen LogP contribution in [-0.2, 0) is 14.3 Å². The Bertz CT molecular complexity index is 794. The second kappa shape index (κ2) is 9.17. The first kappa shape index (κ1) is 18.9. The average Bonchev–Trinajstić information content (AvgIpc) is 2.64. The predicted octanol–water partition coefficient (Wildman–Crippen LogP) is 2.74. The Morgan fingerprint density at radius 2 is 1.58 bits per heavy atom. The van der Waals surface area contributed by atoms with Crippen molar-refractivity contribution in [3.05, 3.63) is 66.7 Å². The summed E-state index contributed by atoms with van der Waals surface area (Å²) < 4.78 is 9.94. The van der Waals surface area contributed by atoms with Crippen LogP contribution in [0.15, 0.2) is 61.2 Å². The lowest BCUT2D eigenvalue weighted by Crippen LogP contribution is -2.28. The first-order chi connectivity index (χ1) is 12.5. The van der Waals surface area contributed by atoms with Crippen LogP contribution >= 0.6 is 0 Å². The molecule has 0 aromatic heterocycles. The van der Waals surface area contributed by atoms with Crippen LogP contribution < -0.4 is 10.1 Å². The van der Waals surface area contributed by atoms with E-state index in [9.17, 15) is 14.4 Å². The summed E-state index contributed by atoms with van der Waals surface area (Å²) in [5, 5.41) is 2.52. The normalized spacial score (nSPS) is 9.88. The van der Waals surface area contributed by atoms with Gasteiger partial charge >= 0.3 is 11.9 Å². The standard InChI is InChI=1S/C20H19NO5/c1-3-12-21-19(23)13-25-20(24)17-6-4-15(5-7-17)16-8-10-18(11-9-16)26-14(2)22/h3-11H,1,12-13H2,2H3,(H,21,23). The number of hydrogen-bond acceptors (Lipinski definition) is 5. The number of hydrogen-bond donors (Lipinski definition) is 1. The van der Waals surface area contributed by atoms with Gasteiger partial charge in [-0.05, 0) is 35.4 Å². The molecule has 0 aliphatic rings. The third-order valence-electron chi connectivity index (χ3n) is 3.35. The highest BCUT2D eigenvalue weighted by molar-refractivity contribution is 5.91. The smallest absolute Gasteiger partial charge is 0.338 e. The van der Waals surface area contributed by atoms with Gasteiger partial charge in [-0.3, -0.25) is 9.59 Å². The number of esters is 2. The van der Waals surface area contributed by atoms with E-state index in [-0.39, 0.29) is 18.5 Å². The molecule has 0 atom stereocenters. The van der Waals surface area contributed by atoms with E-state index < -0.39 is 5.97 Å². The lowest BCUT2D eigenvalue weighted by Gasteiger charge is -2.07. The maximum Gasteiger partial charge on any atom is 0.338 e. The minimum Gasteiger partial charge on any atom is -0.452 e. The number of rotatable bonds is 7. The summed E-state index contributed by atoms with van der Waals surface area (Å²) in [6.07, 6.45) is 1.54. The Labute approximate surface area is 151 Å². The quantitative estimate of drug-likeness (QED) is 0.470. The molecule has 2 rings (SSSR count). The lowest BCUT2D eigenvalue weighted by atomic mass is 10.0. The second-order valence-corrected chi connectivity index (χ2v) is 5.36. The maximum absolute atomic E-state index is 11.9. The van der Waals surface area contributed by atoms with Crippen molar-refractivity contribution in [1.29, 1.82) is 0 Å². The van der Waals surface area contributed by atoms with Crippen LogP contribution in [0, 0.1) is 0 Å². The van der Waals surface area contributed by atoms with E-state index in [1.165, 1.54) is 13.0 Å². The number of carbonyl (C=O) groups excluding carboxylic acids is 3. The molecule has 0 spiro atoms. The summed E-state index contributed by atoms with van der Waals surface area (Å²) in [4.78, 5) is 34.3. The summed E-state index contributed by atoms with van der Waals surface area (Å²) in [5.41, 5.74) is 2.14. The summed E-state index contributed by atoms with van der Waals surface area (Å²) in [6.45, 7) is 4.80. The highest BCUT2D eigenvalue weighted by Gasteiger charge is 2.10. The van der Waals surface area contributed by atoms with Gasteiger partial charge in [-0.15, -0.1) is 6.58 Å². The molecule has 134 valence electrons. The molecule has 1 N–H and O–H groups in total. The third-order valence-corrected chi connectivity index (χ3v) is 3.35. The zero-order valence-electron chi connectivity index (χ0n) is 14.4. The molecule has 2 aromatic carbocycles. The van der Waals surface area contributed by atoms with Gasteiger partial charge in [0.2, 0.25) is 0 Å². The van der Waals surface area contributed by atoms with Gasteiger partial charge in [-0.1, -0.05) is 30.3 Å². The summed E-state index contributed by atoms with van der Waals surface area (Å²) in [6, 6.07) is 13.8. The SMILES string of the molecule is C=CCNC(=O)COC(=O)c1ccc(-c2ccc(OC(C)=O)cc2)cc1. The van der Waals surface area contributed by atoms with Crippen LogP contribution in [0.4, 0.5) is 0 Å². The average molecular weight is 353 g/mol. The first-order valence-corrected chi connectivity index (χ1v) is 7.93. The molecule has 6 heteroatoms. The number of carbonyl (C=O) groups is 3. The number of amides is 1. The zero-order valence-corrected chi connectivity index (χ0v) is 14.4. The fraction of sp³-hybridized carbons (Fsp3) is 0.150. The van der Waals surface area contributed by atoms with Crippen molar-refractivity contribution in [2.45, 2.75) is 6.92 Å². The summed E-state index contributed by atoms with van der Waals surface area (Å²) in [7, 11) is 0. The molecule has 0 aliphatic heterocycles. The lowest BCUT2D eigenvalue weighted by molar-refractivity contribution is -0.131. The van der Waals surface area contributed by atoms with Crippen LogP contribution in [0.3, 0.4) is 0 Å². The van der Waals surface area contributed by atoms with E-state index in [0.29, 0.717) is 17.9 Å². The molecule has 0 saturated carbocycles. The minimum atomic E-state index is -0.574. The number of nitrogens with one attached hydrogen (secondary N) is 1. The van der Waals surface area contributed by atoms with Crippen LogP contribution in [0.5, 0.6) is 5.75 Å². The molecule has 6 nitrogen and oxygen atoms in total. The van der Waals surface area contributed by atoms with E-state index in [0.717, 1.165) is 11.1 Å². The van der Waals surface area contributed by atoms with Gasteiger partial charge in [0.15, 0.2) is 6.61 Å². The molecule has 2 aromatic rings. The van der Waals surface area contributed by atoms with Crippen LogP contribution in [-0.4, -0.2) is 31.0 Å². The van der Waals surface area contributed by atoms with Crippen LogP contribution in [0.1, 0.15) is 17.3 Å². The Balaban J connectivity index is 1.96. The van der Waals surface area contributed by atoms with Crippen molar-refractivity contribution in [2.75, 3.05) is 13.2 Å². The Morgan fingerprint density at radius 3 is 2.12 bits per heavy atom. The van der Waals surface area contributed by atoms with E-state index in [2.05, 4.69) is 11.9 Å². The van der Waals surface area contributed by atoms with Crippen molar-refractivity contribution < 1.29 is 23.9 Å². The molecule has 0 fully saturated rings. The van der Waals surface area contributed by atoms with Crippen molar-refractivity contribution in [1.82, 2.24) is 5.32 Å². The van der Waals surface area contributed by atoms with Gasteiger partial charge in [-0.25, -0.2) is 4.79 Å². The summed E-state index contributed by atoms with van der Waals surface area (Å²) in [5.74, 6) is -0.867. The van der Waals surface area contributed by atoms with E-state index in [1.54, 1.807) is 36.4 Å². The molecule has 0 aliphatic carbocycles. The predicted molar refractivity (Wildman–Crippen MR) is 96.7 cm³/mol. The Morgan fingerprint density at radius 1 is 1.00 bits per heavy atom. The fourth-order valence-corrected chi connectivity index (χ4v) is 2.13. The molecule has 1 amide bonds. The Kier molecular flexibility index (Phi) is 6.68. The van der Waals surface area contributed by atoms with Gasteiger partial charge < -0.3 is 14.8 Å². The first-order valence-electron chi connectivity index (χ1n) is 7.93. The topological polar surface area (TPSA) is 81.7 Å². The van der Waals surface area contributed by atoms with Crippen LogP contribution in [0.25, 0.3) is 11.1 Å². The Hall–Kier alpha value is -3.41. The highest BCUT2D eigenvalue weighted by Crippen LogP contribution is 2.23. The molecule has 26 heavy (non-hydrogen) atoms. The molecule has 0 heterocycles. The third kappa shape index (κ3) is 5.59. The van der Waals surface area contributed by atoms with Gasteiger partial charge in [0.05, 0.1) is 5.56 Å².